The van der Waals surface area contributed by atoms with Crippen molar-refractivity contribution in [2.75, 3.05) is 4.72 Å². The molecule has 1 heterocycles. The van der Waals surface area contributed by atoms with Crippen molar-refractivity contribution in [3.8, 4) is 0 Å². The molecule has 2 N–H and O–H groups in total. The van der Waals surface area contributed by atoms with Gasteiger partial charge < -0.3 is 5.11 Å². The molecule has 0 saturated carbocycles. The summed E-state index contributed by atoms with van der Waals surface area (Å²) in [5.74, 6) is -1.22. The van der Waals surface area contributed by atoms with Crippen LogP contribution in [0.15, 0.2) is 28.5 Å². The number of aromatic carboxylic acids is 1. The number of sulfonamides is 1. The number of thiophene rings is 1. The number of benzene rings is 1. The van der Waals surface area contributed by atoms with E-state index in [0.29, 0.717) is 4.34 Å². The van der Waals surface area contributed by atoms with Crippen LogP contribution in [-0.4, -0.2) is 19.5 Å². The van der Waals surface area contributed by atoms with Crippen LogP contribution in [0.3, 0.4) is 0 Å². The lowest BCUT2D eigenvalue weighted by molar-refractivity contribution is 0.0697. The topological polar surface area (TPSA) is 83.5 Å². The highest BCUT2D eigenvalue weighted by atomic mass is 35.5. The Hall–Kier alpha value is -0.990. The molecule has 0 fully saturated rings. The molecule has 0 bridgehead atoms. The number of carbonyl (C=O) groups is 1. The van der Waals surface area contributed by atoms with Crippen LogP contribution >= 0.6 is 46.1 Å². The summed E-state index contributed by atoms with van der Waals surface area (Å²) in [6, 6.07) is 4.99. The van der Waals surface area contributed by atoms with Crippen molar-refractivity contribution in [1.82, 2.24) is 0 Å². The third-order valence-electron chi connectivity index (χ3n) is 2.34. The third-order valence-corrected chi connectivity index (χ3v) is 6.01. The zero-order chi connectivity index (χ0) is 15.8. The Kier molecular flexibility index (Phi) is 4.69. The standard InChI is InChI=1S/C11H6Cl3NO4S2/c12-6-3-5(11(16)17)4-7(13)10(6)15-21(18,19)9-2-1-8(14)20-9/h1-4,15H,(H,16,17). The van der Waals surface area contributed by atoms with Crippen molar-refractivity contribution in [3.63, 3.8) is 0 Å². The Morgan fingerprint density at radius 1 is 1.14 bits per heavy atom. The lowest BCUT2D eigenvalue weighted by Crippen LogP contribution is -2.12. The first kappa shape index (κ1) is 16.4. The molecule has 5 nitrogen and oxygen atoms in total. The fraction of sp³-hybridized carbons (Fsp3) is 0. The van der Waals surface area contributed by atoms with Crippen molar-refractivity contribution >= 4 is 67.8 Å². The number of halogens is 3. The van der Waals surface area contributed by atoms with Crippen LogP contribution in [0, 0.1) is 0 Å². The highest BCUT2D eigenvalue weighted by molar-refractivity contribution is 7.94. The fourth-order valence-electron chi connectivity index (χ4n) is 1.42. The lowest BCUT2D eigenvalue weighted by atomic mass is 10.2. The highest BCUT2D eigenvalue weighted by Crippen LogP contribution is 2.35. The monoisotopic (exact) mass is 385 g/mol. The van der Waals surface area contributed by atoms with Gasteiger partial charge in [0.25, 0.3) is 10.0 Å². The summed E-state index contributed by atoms with van der Waals surface area (Å²) in [6.45, 7) is 0. The molecular formula is C11H6Cl3NO4S2. The van der Waals surface area contributed by atoms with Gasteiger partial charge in [-0.15, -0.1) is 11.3 Å². The van der Waals surface area contributed by atoms with Crippen molar-refractivity contribution in [1.29, 1.82) is 0 Å². The molecule has 1 aromatic carbocycles. The smallest absolute Gasteiger partial charge is 0.335 e. The van der Waals surface area contributed by atoms with Crippen LogP contribution in [0.5, 0.6) is 0 Å². The number of hydrogen-bond acceptors (Lipinski definition) is 4. The molecule has 1 aromatic heterocycles. The van der Waals surface area contributed by atoms with Crippen LogP contribution in [0.2, 0.25) is 14.4 Å². The van der Waals surface area contributed by atoms with Gasteiger partial charge in [0, 0.05) is 0 Å². The molecular weight excluding hydrogens is 381 g/mol. The number of anilines is 1. The Balaban J connectivity index is 2.42. The van der Waals surface area contributed by atoms with Crippen molar-refractivity contribution in [3.05, 3.63) is 44.2 Å². The van der Waals surface area contributed by atoms with Crippen LogP contribution in [0.4, 0.5) is 5.69 Å². The largest absolute Gasteiger partial charge is 0.478 e. The minimum absolute atomic E-state index is 0.0121. The van der Waals surface area contributed by atoms with Gasteiger partial charge in [-0.05, 0) is 24.3 Å². The Morgan fingerprint density at radius 2 is 1.71 bits per heavy atom. The van der Waals surface area contributed by atoms with Gasteiger partial charge in [0.2, 0.25) is 0 Å². The molecule has 0 aliphatic heterocycles. The molecule has 112 valence electrons. The van der Waals surface area contributed by atoms with Gasteiger partial charge in [0.1, 0.15) is 4.21 Å². The van der Waals surface area contributed by atoms with E-state index < -0.39 is 16.0 Å². The minimum atomic E-state index is -3.90. The molecule has 10 heteroatoms. The van der Waals surface area contributed by atoms with Crippen molar-refractivity contribution < 1.29 is 18.3 Å². The normalized spacial score (nSPS) is 11.4. The lowest BCUT2D eigenvalue weighted by Gasteiger charge is -2.11. The molecule has 0 aliphatic carbocycles. The van der Waals surface area contributed by atoms with E-state index in [2.05, 4.69) is 4.72 Å². The van der Waals surface area contributed by atoms with Crippen LogP contribution < -0.4 is 4.72 Å². The molecule has 2 aromatic rings. The zero-order valence-corrected chi connectivity index (χ0v) is 13.8. The maximum Gasteiger partial charge on any atom is 0.335 e. The van der Waals surface area contributed by atoms with Gasteiger partial charge in [-0.3, -0.25) is 4.72 Å². The molecule has 0 amide bonds. The summed E-state index contributed by atoms with van der Waals surface area (Å²) < 4.78 is 26.8. The van der Waals surface area contributed by atoms with E-state index in [-0.39, 0.29) is 25.5 Å². The average molecular weight is 387 g/mol. The van der Waals surface area contributed by atoms with Gasteiger partial charge in [-0.25, -0.2) is 13.2 Å². The summed E-state index contributed by atoms with van der Waals surface area (Å²) >= 11 is 18.3. The van der Waals surface area contributed by atoms with E-state index in [1.165, 1.54) is 12.1 Å². The molecule has 21 heavy (non-hydrogen) atoms. The molecule has 0 radical (unpaired) electrons. The SMILES string of the molecule is O=C(O)c1cc(Cl)c(NS(=O)(=O)c2ccc(Cl)s2)c(Cl)c1. The van der Waals surface area contributed by atoms with Gasteiger partial charge >= 0.3 is 5.97 Å². The van der Waals surface area contributed by atoms with Crippen LogP contribution in [0.1, 0.15) is 10.4 Å². The second-order valence-electron chi connectivity index (χ2n) is 3.78. The second-order valence-corrected chi connectivity index (χ2v) is 8.22. The summed E-state index contributed by atoms with van der Waals surface area (Å²) in [4.78, 5) is 10.9. The quantitative estimate of drug-likeness (QED) is 0.824. The first-order chi connectivity index (χ1) is 9.70. The second kappa shape index (κ2) is 6.02. The van der Waals surface area contributed by atoms with Gasteiger partial charge in [0.15, 0.2) is 0 Å². The number of rotatable bonds is 4. The predicted molar refractivity (Wildman–Crippen MR) is 83.6 cm³/mol. The predicted octanol–water partition coefficient (Wildman–Crippen LogP) is 4.21. The summed E-state index contributed by atoms with van der Waals surface area (Å²) in [7, 11) is -3.90. The van der Waals surface area contributed by atoms with E-state index >= 15 is 0 Å². The molecule has 0 unspecified atom stereocenters. The highest BCUT2D eigenvalue weighted by Gasteiger charge is 2.21. The summed E-state index contributed by atoms with van der Waals surface area (Å²) in [5, 5.41) is 8.63. The maximum absolute atomic E-state index is 12.1. The maximum atomic E-state index is 12.1. The van der Waals surface area contributed by atoms with E-state index in [1.54, 1.807) is 0 Å². The first-order valence-electron chi connectivity index (χ1n) is 5.21. The number of nitrogens with one attached hydrogen (secondary N) is 1. The number of carboxylic acid groups (broad SMARTS) is 1. The number of hydrogen-bond donors (Lipinski definition) is 2. The third kappa shape index (κ3) is 3.61. The first-order valence-corrected chi connectivity index (χ1v) is 8.64. The molecule has 0 spiro atoms. The Morgan fingerprint density at radius 3 is 2.14 bits per heavy atom. The summed E-state index contributed by atoms with van der Waals surface area (Å²) in [6.07, 6.45) is 0. The molecule has 0 saturated heterocycles. The van der Waals surface area contributed by atoms with Crippen molar-refractivity contribution in [2.24, 2.45) is 0 Å². The Bertz CT molecular complexity index is 794. The van der Waals surface area contributed by atoms with Crippen LogP contribution in [-0.2, 0) is 10.0 Å². The number of carboxylic acids is 1. The summed E-state index contributed by atoms with van der Waals surface area (Å²) in [5.41, 5.74) is -0.236. The van der Waals surface area contributed by atoms with E-state index in [9.17, 15) is 13.2 Å². The van der Waals surface area contributed by atoms with Gasteiger partial charge in [-0.2, -0.15) is 0 Å². The molecule has 2 rings (SSSR count). The average Bonchev–Trinajstić information content (AvgIpc) is 2.81. The van der Waals surface area contributed by atoms with E-state index in [0.717, 1.165) is 23.5 Å². The van der Waals surface area contributed by atoms with Crippen molar-refractivity contribution in [2.45, 2.75) is 4.21 Å². The van der Waals surface area contributed by atoms with Crippen LogP contribution in [0.25, 0.3) is 0 Å². The van der Waals surface area contributed by atoms with Gasteiger partial charge in [0.05, 0.1) is 25.6 Å². The van der Waals surface area contributed by atoms with E-state index in [1.807, 2.05) is 0 Å². The van der Waals surface area contributed by atoms with E-state index in [4.69, 9.17) is 39.9 Å². The fourth-order valence-corrected chi connectivity index (χ4v) is 4.70. The minimum Gasteiger partial charge on any atom is -0.478 e. The molecule has 0 aliphatic rings. The van der Waals surface area contributed by atoms with Gasteiger partial charge in [-0.1, -0.05) is 34.8 Å². The zero-order valence-electron chi connectivity index (χ0n) is 9.93. The Labute approximate surface area is 139 Å². The molecule has 0 atom stereocenters.